The first-order chi connectivity index (χ1) is 10.1. The highest BCUT2D eigenvalue weighted by molar-refractivity contribution is 5.95. The van der Waals surface area contributed by atoms with E-state index in [-0.39, 0.29) is 5.91 Å². The molecule has 0 spiro atoms. The van der Waals surface area contributed by atoms with Crippen molar-refractivity contribution in [2.75, 3.05) is 12.4 Å². The Hall–Kier alpha value is -2.04. The first-order valence-electron chi connectivity index (χ1n) is 7.51. The van der Waals surface area contributed by atoms with Crippen LogP contribution in [0.5, 0.6) is 0 Å². The highest BCUT2D eigenvalue weighted by Crippen LogP contribution is 2.22. The van der Waals surface area contributed by atoms with E-state index in [1.165, 1.54) is 25.7 Å². The lowest BCUT2D eigenvalue weighted by atomic mass is 10.1. The zero-order chi connectivity index (χ0) is 15.2. The predicted molar refractivity (Wildman–Crippen MR) is 83.2 cm³/mol. The van der Waals surface area contributed by atoms with Gasteiger partial charge in [0.1, 0.15) is 0 Å². The highest BCUT2D eigenvalue weighted by atomic mass is 16.2. The minimum absolute atomic E-state index is 0.0347. The molecule has 1 aromatic rings. The molecule has 0 unspecified atom stereocenters. The van der Waals surface area contributed by atoms with Crippen LogP contribution in [0.1, 0.15) is 48.9 Å². The van der Waals surface area contributed by atoms with Gasteiger partial charge < -0.3 is 16.0 Å². The Morgan fingerprint density at radius 1 is 1.10 bits per heavy atom. The SMILES string of the molecule is CN(C(=O)c1ccc(NC(N)=O)cc1)C1CCCCCC1. The summed E-state index contributed by atoms with van der Waals surface area (Å²) < 4.78 is 0. The van der Waals surface area contributed by atoms with E-state index in [2.05, 4.69) is 5.32 Å². The Balaban J connectivity index is 2.02. The smallest absolute Gasteiger partial charge is 0.316 e. The maximum atomic E-state index is 12.5. The van der Waals surface area contributed by atoms with Crippen LogP contribution in [0.3, 0.4) is 0 Å². The van der Waals surface area contributed by atoms with Gasteiger partial charge in [-0.1, -0.05) is 25.7 Å². The van der Waals surface area contributed by atoms with E-state index in [4.69, 9.17) is 5.73 Å². The summed E-state index contributed by atoms with van der Waals surface area (Å²) in [6.07, 6.45) is 7.11. The summed E-state index contributed by atoms with van der Waals surface area (Å²) in [5.41, 5.74) is 6.29. The molecule has 0 radical (unpaired) electrons. The standard InChI is InChI=1S/C16H23N3O2/c1-19(14-6-4-2-3-5-7-14)15(20)12-8-10-13(11-9-12)18-16(17)21/h8-11,14H,2-7H2,1H3,(H3,17,18,21). The van der Waals surface area contributed by atoms with E-state index in [0.717, 1.165) is 12.8 Å². The highest BCUT2D eigenvalue weighted by Gasteiger charge is 2.22. The molecule has 0 aromatic heterocycles. The molecule has 1 saturated carbocycles. The zero-order valence-electron chi connectivity index (χ0n) is 12.5. The normalized spacial score (nSPS) is 16.0. The number of amides is 3. The van der Waals surface area contributed by atoms with Gasteiger partial charge in [-0.3, -0.25) is 4.79 Å². The first-order valence-corrected chi connectivity index (χ1v) is 7.51. The summed E-state index contributed by atoms with van der Waals surface area (Å²) >= 11 is 0. The largest absolute Gasteiger partial charge is 0.351 e. The van der Waals surface area contributed by atoms with Crippen molar-refractivity contribution >= 4 is 17.6 Å². The molecule has 3 amide bonds. The Kier molecular flexibility index (Phi) is 5.20. The Morgan fingerprint density at radius 3 is 2.19 bits per heavy atom. The molecular formula is C16H23N3O2. The average Bonchev–Trinajstić information content (AvgIpc) is 2.75. The number of anilines is 1. The lowest BCUT2D eigenvalue weighted by Gasteiger charge is -2.27. The van der Waals surface area contributed by atoms with Gasteiger partial charge in [-0.05, 0) is 37.1 Å². The monoisotopic (exact) mass is 289 g/mol. The van der Waals surface area contributed by atoms with E-state index in [0.29, 0.717) is 17.3 Å². The van der Waals surface area contributed by atoms with E-state index in [9.17, 15) is 9.59 Å². The number of carbonyl (C=O) groups excluding carboxylic acids is 2. The summed E-state index contributed by atoms with van der Waals surface area (Å²) in [5, 5.41) is 2.49. The van der Waals surface area contributed by atoms with Crippen molar-refractivity contribution in [2.24, 2.45) is 5.73 Å². The summed E-state index contributed by atoms with van der Waals surface area (Å²) in [6, 6.07) is 6.56. The van der Waals surface area contributed by atoms with E-state index < -0.39 is 6.03 Å². The number of primary amides is 1. The lowest BCUT2D eigenvalue weighted by Crippen LogP contribution is -2.36. The first kappa shape index (κ1) is 15.4. The quantitative estimate of drug-likeness (QED) is 0.839. The number of carbonyl (C=O) groups is 2. The molecule has 1 aliphatic carbocycles. The predicted octanol–water partition coefficient (Wildman–Crippen LogP) is 2.97. The molecule has 0 atom stereocenters. The molecule has 0 heterocycles. The lowest BCUT2D eigenvalue weighted by molar-refractivity contribution is 0.0717. The van der Waals surface area contributed by atoms with Gasteiger partial charge in [0.2, 0.25) is 0 Å². The fourth-order valence-corrected chi connectivity index (χ4v) is 2.85. The second-order valence-corrected chi connectivity index (χ2v) is 5.63. The molecule has 0 bridgehead atoms. The Labute approximate surface area is 125 Å². The van der Waals surface area contributed by atoms with Crippen molar-refractivity contribution in [1.29, 1.82) is 0 Å². The Morgan fingerprint density at radius 2 is 1.67 bits per heavy atom. The molecule has 2 rings (SSSR count). The summed E-state index contributed by atoms with van der Waals surface area (Å²) in [7, 11) is 1.88. The van der Waals surface area contributed by atoms with Crippen LogP contribution in [0.2, 0.25) is 0 Å². The molecule has 114 valence electrons. The summed E-state index contributed by atoms with van der Waals surface area (Å²) in [5.74, 6) is 0.0347. The topological polar surface area (TPSA) is 75.4 Å². The number of nitrogens with two attached hydrogens (primary N) is 1. The molecule has 1 aromatic carbocycles. The molecule has 0 aliphatic heterocycles. The maximum Gasteiger partial charge on any atom is 0.316 e. The van der Waals surface area contributed by atoms with Crippen LogP contribution in [-0.4, -0.2) is 29.9 Å². The van der Waals surface area contributed by atoms with Crippen LogP contribution in [-0.2, 0) is 0 Å². The van der Waals surface area contributed by atoms with Crippen molar-refractivity contribution in [1.82, 2.24) is 4.90 Å². The van der Waals surface area contributed by atoms with Crippen molar-refractivity contribution in [3.8, 4) is 0 Å². The van der Waals surface area contributed by atoms with Crippen LogP contribution in [0.4, 0.5) is 10.5 Å². The molecule has 5 heteroatoms. The minimum atomic E-state index is -0.607. The maximum absolute atomic E-state index is 12.5. The third-order valence-corrected chi connectivity index (χ3v) is 4.09. The molecule has 3 N–H and O–H groups in total. The van der Waals surface area contributed by atoms with Crippen molar-refractivity contribution in [3.05, 3.63) is 29.8 Å². The summed E-state index contributed by atoms with van der Waals surface area (Å²) in [6.45, 7) is 0. The van der Waals surface area contributed by atoms with Crippen molar-refractivity contribution in [3.63, 3.8) is 0 Å². The fourth-order valence-electron chi connectivity index (χ4n) is 2.85. The number of benzene rings is 1. The van der Waals surface area contributed by atoms with Gasteiger partial charge in [0.15, 0.2) is 0 Å². The van der Waals surface area contributed by atoms with E-state index in [1.54, 1.807) is 24.3 Å². The molecular weight excluding hydrogens is 266 g/mol. The van der Waals surface area contributed by atoms with Crippen LogP contribution in [0.25, 0.3) is 0 Å². The number of hydrogen-bond donors (Lipinski definition) is 2. The van der Waals surface area contributed by atoms with Crippen LogP contribution in [0.15, 0.2) is 24.3 Å². The molecule has 5 nitrogen and oxygen atoms in total. The molecule has 21 heavy (non-hydrogen) atoms. The zero-order valence-corrected chi connectivity index (χ0v) is 12.5. The van der Waals surface area contributed by atoms with Gasteiger partial charge >= 0.3 is 6.03 Å². The molecule has 0 saturated heterocycles. The third kappa shape index (κ3) is 4.21. The molecule has 1 fully saturated rings. The van der Waals surface area contributed by atoms with Gasteiger partial charge in [0.25, 0.3) is 5.91 Å². The van der Waals surface area contributed by atoms with Gasteiger partial charge in [-0.15, -0.1) is 0 Å². The number of hydrogen-bond acceptors (Lipinski definition) is 2. The minimum Gasteiger partial charge on any atom is -0.351 e. The third-order valence-electron chi connectivity index (χ3n) is 4.09. The van der Waals surface area contributed by atoms with Crippen molar-refractivity contribution < 1.29 is 9.59 Å². The molecule has 1 aliphatic rings. The second-order valence-electron chi connectivity index (χ2n) is 5.63. The number of nitrogens with zero attached hydrogens (tertiary/aromatic N) is 1. The van der Waals surface area contributed by atoms with E-state index >= 15 is 0 Å². The Bertz CT molecular complexity index is 491. The van der Waals surface area contributed by atoms with Gasteiger partial charge in [-0.2, -0.15) is 0 Å². The number of nitrogens with one attached hydrogen (secondary N) is 1. The average molecular weight is 289 g/mol. The van der Waals surface area contributed by atoms with Gasteiger partial charge in [-0.25, -0.2) is 4.79 Å². The number of rotatable bonds is 3. The fraction of sp³-hybridized carbons (Fsp3) is 0.500. The van der Waals surface area contributed by atoms with Crippen LogP contribution in [0, 0.1) is 0 Å². The van der Waals surface area contributed by atoms with E-state index in [1.807, 2.05) is 11.9 Å². The van der Waals surface area contributed by atoms with Gasteiger partial charge in [0, 0.05) is 24.3 Å². The van der Waals surface area contributed by atoms with Gasteiger partial charge in [0.05, 0.1) is 0 Å². The van der Waals surface area contributed by atoms with Crippen LogP contribution >= 0.6 is 0 Å². The van der Waals surface area contributed by atoms with Crippen molar-refractivity contribution in [2.45, 2.75) is 44.6 Å². The second kappa shape index (κ2) is 7.11. The number of urea groups is 1. The summed E-state index contributed by atoms with van der Waals surface area (Å²) in [4.78, 5) is 25.1. The van der Waals surface area contributed by atoms with Crippen LogP contribution < -0.4 is 11.1 Å².